The molecule has 1 saturated carbocycles. The Kier molecular flexibility index (Phi) is 3.27. The van der Waals surface area contributed by atoms with Crippen LogP contribution in [0.15, 0.2) is 20.7 Å². The number of hydrogen-bond donors (Lipinski definition) is 2. The van der Waals surface area contributed by atoms with E-state index in [4.69, 9.17) is 10.4 Å². The molecule has 22 heavy (non-hydrogen) atoms. The first-order valence-electron chi connectivity index (χ1n) is 5.99. The maximum Gasteiger partial charge on any atom is 0.351 e. The van der Waals surface area contributed by atoms with Crippen LogP contribution in [0.4, 0.5) is 4.39 Å². The topological polar surface area (TPSA) is 137 Å². The van der Waals surface area contributed by atoms with Gasteiger partial charge >= 0.3 is 14.8 Å². The first-order valence-corrected chi connectivity index (χ1v) is 8.76. The molecule has 0 amide bonds. The predicted molar refractivity (Wildman–Crippen MR) is 76.0 cm³/mol. The number of nitrogens with two attached hydrogens (primary N) is 1. The standard InChI is InChI=1S/C10H9FN4O5S2/c11-6-3-5-7(13-8(6)21-22(18,19)20)14(4-1-2-4)10(17)15(12)9(5)16/h3-4H,1-2,12H2,(H,18,19,20). The summed E-state index contributed by atoms with van der Waals surface area (Å²) in [5.74, 6) is 4.27. The number of nitrogen functional groups attached to an aromatic ring is 1. The number of halogens is 1. The Morgan fingerprint density at radius 2 is 2.05 bits per heavy atom. The number of nitrogens with zero attached hydrogens (tertiary/aromatic N) is 3. The fraction of sp³-hybridized carbons (Fsp3) is 0.300. The van der Waals surface area contributed by atoms with E-state index in [2.05, 4.69) is 4.98 Å². The molecular formula is C10H9FN4O5S2. The van der Waals surface area contributed by atoms with Gasteiger partial charge in [-0.2, -0.15) is 13.1 Å². The molecule has 1 aliphatic rings. The molecule has 0 bridgehead atoms. The number of fused-ring (bicyclic) bond motifs is 1. The molecule has 2 aromatic rings. The van der Waals surface area contributed by atoms with Gasteiger partial charge < -0.3 is 5.84 Å². The molecule has 0 spiro atoms. The summed E-state index contributed by atoms with van der Waals surface area (Å²) in [6.07, 6.45) is 1.32. The molecule has 1 aliphatic carbocycles. The average molecular weight is 348 g/mol. The SMILES string of the molecule is Nn1c(=O)c2cc(F)c(SS(=O)(=O)O)nc2n(C2CC2)c1=O. The zero-order chi connectivity index (χ0) is 16.2. The van der Waals surface area contributed by atoms with Crippen LogP contribution in [-0.4, -0.2) is 27.2 Å². The smallest absolute Gasteiger partial charge is 0.332 e. The molecule has 9 nitrogen and oxygen atoms in total. The fourth-order valence-electron chi connectivity index (χ4n) is 2.05. The van der Waals surface area contributed by atoms with Gasteiger partial charge in [0, 0.05) is 6.04 Å². The van der Waals surface area contributed by atoms with E-state index < -0.39 is 31.2 Å². The number of hydrogen-bond acceptors (Lipinski definition) is 7. The van der Waals surface area contributed by atoms with E-state index in [0.717, 1.165) is 10.6 Å². The van der Waals surface area contributed by atoms with Crippen LogP contribution < -0.4 is 17.1 Å². The molecular weight excluding hydrogens is 339 g/mol. The van der Waals surface area contributed by atoms with Crippen LogP contribution >= 0.6 is 10.8 Å². The van der Waals surface area contributed by atoms with Crippen LogP contribution in [0.3, 0.4) is 0 Å². The molecule has 0 radical (unpaired) electrons. The van der Waals surface area contributed by atoms with Gasteiger partial charge in [0.15, 0.2) is 16.5 Å². The minimum atomic E-state index is -4.60. The van der Waals surface area contributed by atoms with Gasteiger partial charge in [0.2, 0.25) is 0 Å². The molecule has 0 aliphatic heterocycles. The zero-order valence-corrected chi connectivity index (χ0v) is 12.4. The third-order valence-electron chi connectivity index (χ3n) is 3.11. The van der Waals surface area contributed by atoms with E-state index >= 15 is 0 Å². The maximum atomic E-state index is 13.9. The zero-order valence-electron chi connectivity index (χ0n) is 10.8. The second kappa shape index (κ2) is 4.79. The highest BCUT2D eigenvalue weighted by atomic mass is 33.1. The summed E-state index contributed by atoms with van der Waals surface area (Å²) in [5, 5.41) is -0.899. The molecule has 0 aromatic carbocycles. The van der Waals surface area contributed by atoms with Gasteiger partial charge in [-0.3, -0.25) is 13.9 Å². The molecule has 2 aromatic heterocycles. The van der Waals surface area contributed by atoms with Crippen molar-refractivity contribution in [3.8, 4) is 0 Å². The van der Waals surface area contributed by atoms with Gasteiger partial charge in [-0.1, -0.05) is 0 Å². The lowest BCUT2D eigenvalue weighted by molar-refractivity contribution is 0.502. The average Bonchev–Trinajstić information content (AvgIpc) is 3.22. The van der Waals surface area contributed by atoms with Gasteiger partial charge in [0.05, 0.1) is 16.2 Å². The normalized spacial score (nSPS) is 15.4. The quantitative estimate of drug-likeness (QED) is 0.436. The summed E-state index contributed by atoms with van der Waals surface area (Å²) in [4.78, 5) is 27.7. The summed E-state index contributed by atoms with van der Waals surface area (Å²) in [6.45, 7) is 0. The Hall–Kier alpha value is -1.92. The van der Waals surface area contributed by atoms with Crippen molar-refractivity contribution in [2.45, 2.75) is 23.9 Å². The van der Waals surface area contributed by atoms with E-state index in [1.807, 2.05) is 0 Å². The van der Waals surface area contributed by atoms with Gasteiger partial charge in [-0.05, 0) is 18.9 Å². The van der Waals surface area contributed by atoms with E-state index in [-0.39, 0.29) is 27.9 Å². The fourth-order valence-corrected chi connectivity index (χ4v) is 3.46. The van der Waals surface area contributed by atoms with Crippen molar-refractivity contribution >= 4 is 31.0 Å². The van der Waals surface area contributed by atoms with Gasteiger partial charge in [0.1, 0.15) is 0 Å². The minimum Gasteiger partial charge on any atom is -0.332 e. The second-order valence-corrected chi connectivity index (χ2v) is 7.89. The van der Waals surface area contributed by atoms with Crippen molar-refractivity contribution in [2.24, 2.45) is 0 Å². The van der Waals surface area contributed by atoms with E-state index in [1.54, 1.807) is 0 Å². The minimum absolute atomic E-state index is 0.160. The van der Waals surface area contributed by atoms with E-state index in [9.17, 15) is 22.4 Å². The van der Waals surface area contributed by atoms with E-state index in [1.165, 1.54) is 0 Å². The lowest BCUT2D eigenvalue weighted by Gasteiger charge is -2.11. The number of aromatic nitrogens is 3. The molecule has 118 valence electrons. The summed E-state index contributed by atoms with van der Waals surface area (Å²) in [6, 6.07) is 0.520. The van der Waals surface area contributed by atoms with Crippen LogP contribution in [0, 0.1) is 5.82 Å². The van der Waals surface area contributed by atoms with Crippen LogP contribution in [0.25, 0.3) is 11.0 Å². The molecule has 2 heterocycles. The van der Waals surface area contributed by atoms with Gasteiger partial charge in [-0.15, -0.1) is 0 Å². The van der Waals surface area contributed by atoms with Crippen molar-refractivity contribution in [3.63, 3.8) is 0 Å². The molecule has 0 atom stereocenters. The lowest BCUT2D eigenvalue weighted by atomic mass is 10.3. The Labute approximate surface area is 125 Å². The van der Waals surface area contributed by atoms with Crippen molar-refractivity contribution in [1.82, 2.24) is 14.2 Å². The highest BCUT2D eigenvalue weighted by Gasteiger charge is 2.30. The van der Waals surface area contributed by atoms with Crippen molar-refractivity contribution in [1.29, 1.82) is 0 Å². The first-order chi connectivity index (χ1) is 10.2. The molecule has 3 rings (SSSR count). The Morgan fingerprint density at radius 1 is 1.41 bits per heavy atom. The van der Waals surface area contributed by atoms with Gasteiger partial charge in [0.25, 0.3) is 5.56 Å². The molecule has 1 fully saturated rings. The molecule has 0 unspecified atom stereocenters. The largest absolute Gasteiger partial charge is 0.351 e. The van der Waals surface area contributed by atoms with E-state index in [0.29, 0.717) is 17.5 Å². The summed E-state index contributed by atoms with van der Waals surface area (Å²) < 4.78 is 45.9. The molecule has 3 N–H and O–H groups in total. The van der Waals surface area contributed by atoms with Crippen LogP contribution in [0.2, 0.25) is 0 Å². The maximum absolute atomic E-state index is 13.9. The highest BCUT2D eigenvalue weighted by molar-refractivity contribution is 8.69. The highest BCUT2D eigenvalue weighted by Crippen LogP contribution is 2.35. The number of pyridine rings is 1. The van der Waals surface area contributed by atoms with Crippen LogP contribution in [0.5, 0.6) is 0 Å². The third-order valence-corrected chi connectivity index (χ3v) is 4.87. The first kappa shape index (κ1) is 15.0. The Morgan fingerprint density at radius 3 is 2.59 bits per heavy atom. The van der Waals surface area contributed by atoms with Crippen LogP contribution in [-0.2, 0) is 9.15 Å². The summed E-state index contributed by atoms with van der Waals surface area (Å²) >= 11 is 0. The van der Waals surface area contributed by atoms with Crippen molar-refractivity contribution in [3.05, 3.63) is 32.7 Å². The Balaban J connectivity index is 2.40. The monoisotopic (exact) mass is 348 g/mol. The van der Waals surface area contributed by atoms with Gasteiger partial charge in [-0.25, -0.2) is 14.2 Å². The van der Waals surface area contributed by atoms with Crippen LogP contribution in [0.1, 0.15) is 18.9 Å². The second-order valence-electron chi connectivity index (χ2n) is 4.72. The predicted octanol–water partition coefficient (Wildman–Crippen LogP) is -0.359. The summed E-state index contributed by atoms with van der Waals surface area (Å²) in [5.41, 5.74) is -1.92. The van der Waals surface area contributed by atoms with Crippen molar-refractivity contribution in [2.75, 3.05) is 5.84 Å². The molecule has 12 heteroatoms. The summed E-state index contributed by atoms with van der Waals surface area (Å²) in [7, 11) is -4.81. The number of rotatable bonds is 3. The van der Waals surface area contributed by atoms with Crippen molar-refractivity contribution < 1.29 is 17.4 Å². The lowest BCUT2D eigenvalue weighted by Crippen LogP contribution is -2.44. The third kappa shape index (κ3) is 2.48. The molecule has 0 saturated heterocycles. The Bertz CT molecular complexity index is 1010.